The fourth-order valence-corrected chi connectivity index (χ4v) is 2.74. The Labute approximate surface area is 119 Å². The molecular weight excluding hydrogens is 307 g/mol. The highest BCUT2D eigenvalue weighted by molar-refractivity contribution is 9.10. The molecule has 0 aromatic heterocycles. The Balaban J connectivity index is 2.42. The quantitative estimate of drug-likeness (QED) is 0.837. The van der Waals surface area contributed by atoms with Crippen molar-refractivity contribution >= 4 is 30.5 Å². The van der Waals surface area contributed by atoms with Crippen LogP contribution in [0.5, 0.6) is 0 Å². The molecule has 2 atom stereocenters. The van der Waals surface area contributed by atoms with E-state index in [4.69, 9.17) is 0 Å². The molecule has 18 heavy (non-hydrogen) atoms. The van der Waals surface area contributed by atoms with E-state index in [1.807, 2.05) is 30.3 Å². The molecule has 0 radical (unpaired) electrons. The lowest BCUT2D eigenvalue weighted by molar-refractivity contribution is 0.219. The molecule has 0 aliphatic carbocycles. The zero-order chi connectivity index (χ0) is 13.3. The van der Waals surface area contributed by atoms with Crippen LogP contribution in [0.25, 0.3) is 0 Å². The third-order valence-corrected chi connectivity index (χ3v) is 4.23. The van der Waals surface area contributed by atoms with Crippen LogP contribution in [0, 0.1) is 13.8 Å². The van der Waals surface area contributed by atoms with Crippen molar-refractivity contribution in [1.82, 2.24) is 0 Å². The highest BCUT2D eigenvalue weighted by atomic mass is 79.9. The summed E-state index contributed by atoms with van der Waals surface area (Å²) in [6.45, 7) is 4.13. The van der Waals surface area contributed by atoms with Crippen molar-refractivity contribution in [2.24, 2.45) is 0 Å². The number of aliphatic hydroxyl groups excluding tert-OH is 1. The van der Waals surface area contributed by atoms with Gasteiger partial charge in [-0.25, -0.2) is 0 Å². The molecule has 1 N–H and O–H groups in total. The van der Waals surface area contributed by atoms with Gasteiger partial charge in [-0.3, -0.25) is 0 Å². The SMILES string of the molecule is Cc1cc(Br)c(C(O)c2ccc(P)cc2)cc1C. The van der Waals surface area contributed by atoms with Crippen molar-refractivity contribution in [1.29, 1.82) is 0 Å². The molecule has 2 aromatic rings. The third-order valence-electron chi connectivity index (χ3n) is 3.16. The zero-order valence-corrected chi connectivity index (χ0v) is 13.2. The van der Waals surface area contributed by atoms with E-state index in [0.717, 1.165) is 20.9 Å². The van der Waals surface area contributed by atoms with Crippen molar-refractivity contribution < 1.29 is 5.11 Å². The molecule has 0 saturated carbocycles. The van der Waals surface area contributed by atoms with Gasteiger partial charge in [0.25, 0.3) is 0 Å². The average Bonchev–Trinajstić information content (AvgIpc) is 2.34. The molecule has 0 aliphatic heterocycles. The number of benzene rings is 2. The first kappa shape index (κ1) is 13.7. The van der Waals surface area contributed by atoms with Gasteiger partial charge in [0.1, 0.15) is 6.10 Å². The number of hydrogen-bond donors (Lipinski definition) is 1. The van der Waals surface area contributed by atoms with Gasteiger partial charge < -0.3 is 5.11 Å². The molecule has 0 fully saturated rings. The molecule has 94 valence electrons. The fourth-order valence-electron chi connectivity index (χ4n) is 1.87. The summed E-state index contributed by atoms with van der Waals surface area (Å²) in [7, 11) is 2.64. The normalized spacial score (nSPS) is 12.5. The second-order valence-electron chi connectivity index (χ2n) is 4.53. The molecule has 2 aromatic carbocycles. The van der Waals surface area contributed by atoms with E-state index in [2.05, 4.69) is 45.1 Å². The Kier molecular flexibility index (Phi) is 4.21. The van der Waals surface area contributed by atoms with Gasteiger partial charge in [0.05, 0.1) is 0 Å². The van der Waals surface area contributed by atoms with Gasteiger partial charge in [-0.15, -0.1) is 9.24 Å². The van der Waals surface area contributed by atoms with E-state index < -0.39 is 6.10 Å². The van der Waals surface area contributed by atoms with Crippen LogP contribution in [0.1, 0.15) is 28.4 Å². The number of aryl methyl sites for hydroxylation is 2. The van der Waals surface area contributed by atoms with E-state index in [1.165, 1.54) is 11.1 Å². The Morgan fingerprint density at radius 1 is 1.06 bits per heavy atom. The smallest absolute Gasteiger partial charge is 0.105 e. The molecule has 2 rings (SSSR count). The van der Waals surface area contributed by atoms with Gasteiger partial charge in [0.15, 0.2) is 0 Å². The Morgan fingerprint density at radius 3 is 2.22 bits per heavy atom. The van der Waals surface area contributed by atoms with Gasteiger partial charge in [-0.1, -0.05) is 46.3 Å². The first-order valence-corrected chi connectivity index (χ1v) is 7.16. The topological polar surface area (TPSA) is 20.2 Å². The van der Waals surface area contributed by atoms with Crippen LogP contribution in [0.2, 0.25) is 0 Å². The van der Waals surface area contributed by atoms with Crippen molar-refractivity contribution in [2.75, 3.05) is 0 Å². The maximum absolute atomic E-state index is 10.4. The summed E-state index contributed by atoms with van der Waals surface area (Å²) >= 11 is 3.53. The van der Waals surface area contributed by atoms with Crippen LogP contribution in [0.3, 0.4) is 0 Å². The van der Waals surface area contributed by atoms with Crippen LogP contribution in [0.15, 0.2) is 40.9 Å². The summed E-state index contributed by atoms with van der Waals surface area (Å²) in [5, 5.41) is 11.6. The fraction of sp³-hybridized carbons (Fsp3) is 0.200. The van der Waals surface area contributed by atoms with E-state index in [-0.39, 0.29) is 0 Å². The van der Waals surface area contributed by atoms with Crippen molar-refractivity contribution in [3.8, 4) is 0 Å². The molecule has 0 saturated heterocycles. The minimum atomic E-state index is -0.593. The molecule has 0 bridgehead atoms. The van der Waals surface area contributed by atoms with Crippen molar-refractivity contribution in [2.45, 2.75) is 20.0 Å². The third kappa shape index (κ3) is 2.83. The van der Waals surface area contributed by atoms with Crippen molar-refractivity contribution in [3.63, 3.8) is 0 Å². The standard InChI is InChI=1S/C15H16BrOP/c1-9-7-13(14(16)8-10(9)2)15(17)11-3-5-12(18)6-4-11/h3-8,15,17H,18H2,1-2H3. The monoisotopic (exact) mass is 322 g/mol. The lowest BCUT2D eigenvalue weighted by Crippen LogP contribution is -2.03. The first-order valence-electron chi connectivity index (χ1n) is 5.79. The van der Waals surface area contributed by atoms with Crippen molar-refractivity contribution in [3.05, 3.63) is 63.1 Å². The van der Waals surface area contributed by atoms with Crippen LogP contribution >= 0.6 is 25.2 Å². The Bertz CT molecular complexity index is 563. The van der Waals surface area contributed by atoms with Gasteiger partial charge in [-0.05, 0) is 47.5 Å². The summed E-state index contributed by atoms with van der Waals surface area (Å²) in [4.78, 5) is 0. The molecule has 1 nitrogen and oxygen atoms in total. The maximum atomic E-state index is 10.4. The summed E-state index contributed by atoms with van der Waals surface area (Å²) in [5.41, 5.74) is 4.23. The van der Waals surface area contributed by atoms with E-state index in [1.54, 1.807) is 0 Å². The van der Waals surface area contributed by atoms with Gasteiger partial charge in [-0.2, -0.15) is 0 Å². The number of aliphatic hydroxyl groups is 1. The largest absolute Gasteiger partial charge is 0.384 e. The predicted molar refractivity (Wildman–Crippen MR) is 83.5 cm³/mol. The Hall–Kier alpha value is -0.690. The van der Waals surface area contributed by atoms with E-state index in [9.17, 15) is 5.11 Å². The molecule has 0 aliphatic rings. The minimum absolute atomic E-state index is 0.593. The molecular formula is C15H16BrOP. The average molecular weight is 323 g/mol. The maximum Gasteiger partial charge on any atom is 0.105 e. The number of halogens is 1. The van der Waals surface area contributed by atoms with Gasteiger partial charge in [0.2, 0.25) is 0 Å². The van der Waals surface area contributed by atoms with Crippen LogP contribution < -0.4 is 5.30 Å². The second-order valence-corrected chi connectivity index (χ2v) is 6.05. The Morgan fingerprint density at radius 2 is 1.61 bits per heavy atom. The summed E-state index contributed by atoms with van der Waals surface area (Å²) < 4.78 is 0.952. The van der Waals surface area contributed by atoms with Crippen LogP contribution in [-0.2, 0) is 0 Å². The van der Waals surface area contributed by atoms with E-state index in [0.29, 0.717) is 0 Å². The summed E-state index contributed by atoms with van der Waals surface area (Å²) in [5.74, 6) is 0. The molecule has 0 heterocycles. The minimum Gasteiger partial charge on any atom is -0.384 e. The highest BCUT2D eigenvalue weighted by Crippen LogP contribution is 2.30. The molecule has 3 heteroatoms. The highest BCUT2D eigenvalue weighted by Gasteiger charge is 2.14. The summed E-state index contributed by atoms with van der Waals surface area (Å²) in [6, 6.07) is 12.0. The molecule has 2 unspecified atom stereocenters. The number of rotatable bonds is 2. The zero-order valence-electron chi connectivity index (χ0n) is 10.4. The molecule has 0 amide bonds. The lowest BCUT2D eigenvalue weighted by Gasteiger charge is -2.15. The van der Waals surface area contributed by atoms with Crippen LogP contribution in [-0.4, -0.2) is 5.11 Å². The van der Waals surface area contributed by atoms with E-state index >= 15 is 0 Å². The van der Waals surface area contributed by atoms with Crippen LogP contribution in [0.4, 0.5) is 0 Å². The number of hydrogen-bond acceptors (Lipinski definition) is 1. The summed E-state index contributed by atoms with van der Waals surface area (Å²) in [6.07, 6.45) is -0.593. The van der Waals surface area contributed by atoms with Gasteiger partial charge >= 0.3 is 0 Å². The lowest BCUT2D eigenvalue weighted by atomic mass is 9.98. The van der Waals surface area contributed by atoms with Gasteiger partial charge in [0, 0.05) is 4.47 Å². The second kappa shape index (κ2) is 5.52. The first-order chi connectivity index (χ1) is 8.49. The molecule has 0 spiro atoms. The predicted octanol–water partition coefficient (Wildman–Crippen LogP) is 3.65.